The minimum Gasteiger partial charge on any atom is -0.488 e. The number of primary amides is 1. The monoisotopic (exact) mass is 319 g/mol. The first-order valence-electron chi connectivity index (χ1n) is 5.84. The second kappa shape index (κ2) is 5.89. The van der Waals surface area contributed by atoms with Crippen LogP contribution in [0, 0.1) is 6.92 Å². The third kappa shape index (κ3) is 3.58. The van der Waals surface area contributed by atoms with Gasteiger partial charge in [-0.2, -0.15) is 0 Å². The molecule has 0 heterocycles. The molecule has 0 radical (unpaired) electrons. The van der Waals surface area contributed by atoms with Crippen LogP contribution >= 0.6 is 15.9 Å². The van der Waals surface area contributed by atoms with Gasteiger partial charge in [-0.3, -0.25) is 4.79 Å². The van der Waals surface area contributed by atoms with Crippen LogP contribution in [-0.2, 0) is 6.61 Å². The van der Waals surface area contributed by atoms with Crippen molar-refractivity contribution in [2.75, 3.05) is 0 Å². The quantitative estimate of drug-likeness (QED) is 0.938. The average Bonchev–Trinajstić information content (AvgIpc) is 2.39. The number of halogens is 1. The summed E-state index contributed by atoms with van der Waals surface area (Å²) in [6.45, 7) is 2.44. The van der Waals surface area contributed by atoms with Crippen LogP contribution in [0.5, 0.6) is 5.75 Å². The van der Waals surface area contributed by atoms with Gasteiger partial charge < -0.3 is 10.5 Å². The third-order valence-electron chi connectivity index (χ3n) is 2.72. The Morgan fingerprint density at radius 2 is 1.89 bits per heavy atom. The summed E-state index contributed by atoms with van der Waals surface area (Å²) in [5, 5.41) is 0. The summed E-state index contributed by atoms with van der Waals surface area (Å²) in [6.07, 6.45) is 0. The molecule has 0 bridgehead atoms. The first-order valence-corrected chi connectivity index (χ1v) is 6.63. The molecule has 0 saturated carbocycles. The minimum atomic E-state index is -0.500. The molecular formula is C15H14BrNO2. The predicted molar refractivity (Wildman–Crippen MR) is 78.2 cm³/mol. The molecule has 0 fully saturated rings. The number of carbonyl (C=O) groups is 1. The molecule has 98 valence electrons. The molecule has 0 unspecified atom stereocenters. The van der Waals surface area contributed by atoms with E-state index in [9.17, 15) is 4.79 Å². The van der Waals surface area contributed by atoms with Gasteiger partial charge >= 0.3 is 0 Å². The van der Waals surface area contributed by atoms with E-state index in [-0.39, 0.29) is 0 Å². The second-order valence-corrected chi connectivity index (χ2v) is 5.19. The lowest BCUT2D eigenvalue weighted by molar-refractivity contribution is 0.0996. The number of hydrogen-bond acceptors (Lipinski definition) is 2. The number of ether oxygens (including phenoxy) is 1. The van der Waals surface area contributed by atoms with Gasteiger partial charge in [0.15, 0.2) is 0 Å². The van der Waals surface area contributed by atoms with Crippen LogP contribution in [0.1, 0.15) is 21.5 Å². The molecule has 0 atom stereocenters. The highest BCUT2D eigenvalue weighted by molar-refractivity contribution is 9.10. The Labute approximate surface area is 120 Å². The van der Waals surface area contributed by atoms with Crippen LogP contribution in [-0.4, -0.2) is 5.91 Å². The van der Waals surface area contributed by atoms with Crippen LogP contribution in [0.3, 0.4) is 0 Å². The van der Waals surface area contributed by atoms with Crippen LogP contribution in [0.25, 0.3) is 0 Å². The van der Waals surface area contributed by atoms with Gasteiger partial charge in [0.2, 0.25) is 0 Å². The Morgan fingerprint density at radius 3 is 2.53 bits per heavy atom. The van der Waals surface area contributed by atoms with E-state index < -0.39 is 5.91 Å². The van der Waals surface area contributed by atoms with Gasteiger partial charge in [-0.15, -0.1) is 0 Å². The molecule has 4 heteroatoms. The predicted octanol–water partition coefficient (Wildman–Crippen LogP) is 3.44. The van der Waals surface area contributed by atoms with E-state index >= 15 is 0 Å². The van der Waals surface area contributed by atoms with E-state index in [0.29, 0.717) is 17.9 Å². The summed E-state index contributed by atoms with van der Waals surface area (Å²) < 4.78 is 6.45. The topological polar surface area (TPSA) is 52.3 Å². The molecule has 0 aliphatic carbocycles. The molecule has 2 aromatic carbocycles. The largest absolute Gasteiger partial charge is 0.488 e. The molecule has 0 aliphatic heterocycles. The Balaban J connectivity index is 2.15. The van der Waals surface area contributed by atoms with E-state index in [1.54, 1.807) is 12.1 Å². The summed E-state index contributed by atoms with van der Waals surface area (Å²) in [7, 11) is 0. The van der Waals surface area contributed by atoms with E-state index in [1.807, 2.05) is 37.3 Å². The number of amides is 1. The molecule has 3 nitrogen and oxygen atoms in total. The maximum atomic E-state index is 11.4. The standard InChI is InChI=1S/C15H14BrNO2/c1-10-2-4-11(5-3-10)9-19-14-7-6-12(16)8-13(14)15(17)18/h2-8H,9H2,1H3,(H2,17,18). The number of nitrogens with two attached hydrogens (primary N) is 1. The van der Waals surface area contributed by atoms with E-state index in [4.69, 9.17) is 10.5 Å². The van der Waals surface area contributed by atoms with E-state index in [2.05, 4.69) is 15.9 Å². The van der Waals surface area contributed by atoms with Crippen LogP contribution in [0.15, 0.2) is 46.9 Å². The molecule has 19 heavy (non-hydrogen) atoms. The molecule has 2 rings (SSSR count). The number of aryl methyl sites for hydroxylation is 1. The fraction of sp³-hybridized carbons (Fsp3) is 0.133. The van der Waals surface area contributed by atoms with Gasteiger partial charge in [-0.1, -0.05) is 45.8 Å². The van der Waals surface area contributed by atoms with Crippen molar-refractivity contribution >= 4 is 21.8 Å². The first kappa shape index (κ1) is 13.6. The number of hydrogen-bond donors (Lipinski definition) is 1. The zero-order chi connectivity index (χ0) is 13.8. The zero-order valence-electron chi connectivity index (χ0n) is 10.5. The summed E-state index contributed by atoms with van der Waals surface area (Å²) >= 11 is 3.31. The highest BCUT2D eigenvalue weighted by Gasteiger charge is 2.10. The normalized spacial score (nSPS) is 10.2. The van der Waals surface area contributed by atoms with Gasteiger partial charge in [-0.25, -0.2) is 0 Å². The summed E-state index contributed by atoms with van der Waals surface area (Å²) in [5.41, 5.74) is 7.95. The van der Waals surface area contributed by atoms with Crippen molar-refractivity contribution in [1.82, 2.24) is 0 Å². The highest BCUT2D eigenvalue weighted by Crippen LogP contribution is 2.23. The van der Waals surface area contributed by atoms with Crippen LogP contribution in [0.2, 0.25) is 0 Å². The molecule has 0 aromatic heterocycles. The van der Waals surface area contributed by atoms with Crippen molar-refractivity contribution in [3.05, 3.63) is 63.6 Å². The molecular weight excluding hydrogens is 306 g/mol. The number of benzene rings is 2. The molecule has 2 N–H and O–H groups in total. The van der Waals surface area contributed by atoms with Crippen molar-refractivity contribution in [2.24, 2.45) is 5.73 Å². The van der Waals surface area contributed by atoms with Crippen molar-refractivity contribution < 1.29 is 9.53 Å². The van der Waals surface area contributed by atoms with Crippen molar-refractivity contribution in [3.8, 4) is 5.75 Å². The maximum absolute atomic E-state index is 11.4. The first-order chi connectivity index (χ1) is 9.06. The lowest BCUT2D eigenvalue weighted by Gasteiger charge is -2.10. The van der Waals surface area contributed by atoms with Gasteiger partial charge in [-0.05, 0) is 30.7 Å². The SMILES string of the molecule is Cc1ccc(COc2ccc(Br)cc2C(N)=O)cc1. The van der Waals surface area contributed by atoms with E-state index in [0.717, 1.165) is 10.0 Å². The molecule has 0 saturated heterocycles. The molecule has 1 amide bonds. The highest BCUT2D eigenvalue weighted by atomic mass is 79.9. The summed E-state index contributed by atoms with van der Waals surface area (Å²) in [5.74, 6) is -0.00326. The minimum absolute atomic E-state index is 0.376. The summed E-state index contributed by atoms with van der Waals surface area (Å²) in [6, 6.07) is 13.3. The van der Waals surface area contributed by atoms with Crippen molar-refractivity contribution in [3.63, 3.8) is 0 Å². The lowest BCUT2D eigenvalue weighted by Crippen LogP contribution is -2.13. The fourth-order valence-corrected chi connectivity index (χ4v) is 2.03. The Kier molecular flexibility index (Phi) is 4.22. The second-order valence-electron chi connectivity index (χ2n) is 4.28. The Morgan fingerprint density at radius 1 is 1.21 bits per heavy atom. The zero-order valence-corrected chi connectivity index (χ0v) is 12.1. The fourth-order valence-electron chi connectivity index (χ4n) is 1.67. The van der Waals surface area contributed by atoms with Gasteiger partial charge in [0.25, 0.3) is 5.91 Å². The Hall–Kier alpha value is -1.81. The maximum Gasteiger partial charge on any atom is 0.252 e. The molecule has 0 aliphatic rings. The van der Waals surface area contributed by atoms with Crippen molar-refractivity contribution in [1.29, 1.82) is 0 Å². The number of carbonyl (C=O) groups excluding carboxylic acids is 1. The number of rotatable bonds is 4. The van der Waals surface area contributed by atoms with Gasteiger partial charge in [0, 0.05) is 4.47 Å². The van der Waals surface area contributed by atoms with Crippen LogP contribution in [0.4, 0.5) is 0 Å². The summed E-state index contributed by atoms with van der Waals surface area (Å²) in [4.78, 5) is 11.4. The lowest BCUT2D eigenvalue weighted by atomic mass is 10.1. The average molecular weight is 320 g/mol. The molecule has 2 aromatic rings. The smallest absolute Gasteiger partial charge is 0.252 e. The van der Waals surface area contributed by atoms with Crippen molar-refractivity contribution in [2.45, 2.75) is 13.5 Å². The van der Waals surface area contributed by atoms with Crippen LogP contribution < -0.4 is 10.5 Å². The third-order valence-corrected chi connectivity index (χ3v) is 3.22. The Bertz CT molecular complexity index is 594. The molecule has 0 spiro atoms. The van der Waals surface area contributed by atoms with E-state index in [1.165, 1.54) is 5.56 Å². The van der Waals surface area contributed by atoms with Gasteiger partial charge in [0.05, 0.1) is 5.56 Å². The van der Waals surface area contributed by atoms with Gasteiger partial charge in [0.1, 0.15) is 12.4 Å².